The Kier molecular flexibility index (Phi) is 9.05. The standard InChI is InChI=1S/C26H36F2N4O4/c1-25(2,3)36-24(34)31-21(20-5-9-26(27,28)10-6-20)16-35-17-30-22-14-18(7-11-29-22)13-19-8-12-32(4)23(33)15-19/h7-8,11-12,14-15,20-21H,5-6,9-10,13,16-17H2,1-4H3,(H,29,30)(H,31,34). The second kappa shape index (κ2) is 11.8. The van der Waals surface area contributed by atoms with E-state index in [1.54, 1.807) is 46.3 Å². The number of hydrogen-bond acceptors (Lipinski definition) is 6. The Bertz CT molecular complexity index is 1070. The Morgan fingerprint density at radius 2 is 1.92 bits per heavy atom. The van der Waals surface area contributed by atoms with Crippen molar-refractivity contribution in [3.63, 3.8) is 0 Å². The number of hydrogen-bond donors (Lipinski definition) is 2. The number of aryl methyl sites for hydroxylation is 1. The minimum absolute atomic E-state index is 0.0652. The highest BCUT2D eigenvalue weighted by Crippen LogP contribution is 2.37. The number of amides is 1. The second-order valence-corrected chi connectivity index (χ2v) is 10.3. The average Bonchev–Trinajstić information content (AvgIpc) is 2.77. The Hall–Kier alpha value is -3.01. The molecule has 2 heterocycles. The molecular weight excluding hydrogens is 470 g/mol. The van der Waals surface area contributed by atoms with Crippen molar-refractivity contribution in [1.29, 1.82) is 0 Å². The molecular formula is C26H36F2N4O4. The first-order valence-corrected chi connectivity index (χ1v) is 12.2. The lowest BCUT2D eigenvalue weighted by molar-refractivity contribution is -0.0535. The molecule has 3 rings (SSSR count). The largest absolute Gasteiger partial charge is 0.444 e. The van der Waals surface area contributed by atoms with Gasteiger partial charge in [0.25, 0.3) is 5.56 Å². The van der Waals surface area contributed by atoms with Crippen molar-refractivity contribution in [1.82, 2.24) is 14.9 Å². The smallest absolute Gasteiger partial charge is 0.407 e. The quantitative estimate of drug-likeness (QED) is 0.385. The maximum absolute atomic E-state index is 13.7. The van der Waals surface area contributed by atoms with Crippen molar-refractivity contribution in [3.05, 3.63) is 58.1 Å². The van der Waals surface area contributed by atoms with E-state index in [0.29, 0.717) is 25.1 Å². The highest BCUT2D eigenvalue weighted by Gasteiger charge is 2.38. The first kappa shape index (κ1) is 27.6. The van der Waals surface area contributed by atoms with Gasteiger partial charge in [0.05, 0.1) is 12.6 Å². The summed E-state index contributed by atoms with van der Waals surface area (Å²) in [4.78, 5) is 28.5. The van der Waals surface area contributed by atoms with Crippen LogP contribution in [0.25, 0.3) is 0 Å². The summed E-state index contributed by atoms with van der Waals surface area (Å²) in [6, 6.07) is 6.81. The number of aromatic nitrogens is 2. The maximum atomic E-state index is 13.7. The third-order valence-corrected chi connectivity index (χ3v) is 6.09. The van der Waals surface area contributed by atoms with Crippen LogP contribution >= 0.6 is 0 Å². The summed E-state index contributed by atoms with van der Waals surface area (Å²) < 4.78 is 39.9. The van der Waals surface area contributed by atoms with Gasteiger partial charge < -0.3 is 24.7 Å². The number of carbonyl (C=O) groups is 1. The molecule has 0 saturated heterocycles. The summed E-state index contributed by atoms with van der Waals surface area (Å²) in [7, 11) is 1.71. The van der Waals surface area contributed by atoms with E-state index < -0.39 is 23.7 Å². The molecule has 198 valence electrons. The average molecular weight is 507 g/mol. The number of anilines is 1. The third kappa shape index (κ3) is 8.89. The van der Waals surface area contributed by atoms with Gasteiger partial charge >= 0.3 is 6.09 Å². The van der Waals surface area contributed by atoms with Crippen LogP contribution in [0.3, 0.4) is 0 Å². The molecule has 1 unspecified atom stereocenters. The molecule has 0 radical (unpaired) electrons. The first-order chi connectivity index (χ1) is 16.9. The van der Waals surface area contributed by atoms with Crippen LogP contribution < -0.4 is 16.2 Å². The summed E-state index contributed by atoms with van der Waals surface area (Å²) in [5, 5.41) is 5.90. The van der Waals surface area contributed by atoms with Crippen LogP contribution in [0.1, 0.15) is 57.6 Å². The molecule has 2 N–H and O–H groups in total. The number of nitrogens with zero attached hydrogens (tertiary/aromatic N) is 2. The van der Waals surface area contributed by atoms with E-state index in [0.717, 1.165) is 11.1 Å². The SMILES string of the molecule is Cn1ccc(Cc2ccnc(NCOCC(NC(=O)OC(C)(C)C)C3CCC(F)(F)CC3)c2)cc1=O. The zero-order valence-electron chi connectivity index (χ0n) is 21.4. The van der Waals surface area contributed by atoms with Gasteiger partial charge in [0.15, 0.2) is 0 Å². The van der Waals surface area contributed by atoms with Crippen LogP contribution in [0.5, 0.6) is 0 Å². The van der Waals surface area contributed by atoms with Gasteiger partial charge in [-0.1, -0.05) is 0 Å². The summed E-state index contributed by atoms with van der Waals surface area (Å²) in [5.74, 6) is -2.18. The molecule has 1 atom stereocenters. The fourth-order valence-corrected chi connectivity index (χ4v) is 4.15. The minimum atomic E-state index is -2.65. The molecule has 1 saturated carbocycles. The van der Waals surface area contributed by atoms with Crippen molar-refractivity contribution < 1.29 is 23.0 Å². The molecule has 2 aromatic heterocycles. The van der Waals surface area contributed by atoms with Crippen LogP contribution in [-0.4, -0.2) is 46.5 Å². The number of carbonyl (C=O) groups excluding carboxylic acids is 1. The highest BCUT2D eigenvalue weighted by molar-refractivity contribution is 5.68. The van der Waals surface area contributed by atoms with Crippen molar-refractivity contribution in [3.8, 4) is 0 Å². The summed E-state index contributed by atoms with van der Waals surface area (Å²) in [6.45, 7) is 5.57. The third-order valence-electron chi connectivity index (χ3n) is 6.09. The van der Waals surface area contributed by atoms with Crippen molar-refractivity contribution in [2.45, 2.75) is 70.4 Å². The number of pyridine rings is 2. The Morgan fingerprint density at radius 1 is 1.22 bits per heavy atom. The predicted molar refractivity (Wildman–Crippen MR) is 133 cm³/mol. The van der Waals surface area contributed by atoms with Gasteiger partial charge in [-0.05, 0) is 75.3 Å². The highest BCUT2D eigenvalue weighted by atomic mass is 19.3. The fraction of sp³-hybridized carbons (Fsp3) is 0.577. The van der Waals surface area contributed by atoms with Crippen LogP contribution in [0.4, 0.5) is 19.4 Å². The normalized spacial score (nSPS) is 16.8. The number of ether oxygens (including phenoxy) is 2. The van der Waals surface area contributed by atoms with Gasteiger partial charge in [-0.2, -0.15) is 0 Å². The molecule has 0 aliphatic heterocycles. The lowest BCUT2D eigenvalue weighted by Gasteiger charge is -2.34. The van der Waals surface area contributed by atoms with Crippen LogP contribution in [0.15, 0.2) is 41.5 Å². The maximum Gasteiger partial charge on any atom is 0.407 e. The van der Waals surface area contributed by atoms with Gasteiger partial charge in [-0.15, -0.1) is 0 Å². The molecule has 8 nitrogen and oxygen atoms in total. The Labute approximate surface area is 210 Å². The van der Waals surface area contributed by atoms with E-state index in [-0.39, 0.29) is 37.7 Å². The zero-order chi connectivity index (χ0) is 26.3. The number of alkyl halides is 2. The van der Waals surface area contributed by atoms with Gasteiger partial charge in [0, 0.05) is 38.3 Å². The molecule has 0 aromatic carbocycles. The minimum Gasteiger partial charge on any atom is -0.444 e. The number of alkyl carbamates (subject to hydrolysis) is 1. The zero-order valence-corrected chi connectivity index (χ0v) is 21.4. The van der Waals surface area contributed by atoms with E-state index in [9.17, 15) is 18.4 Å². The van der Waals surface area contributed by atoms with Crippen LogP contribution in [-0.2, 0) is 22.9 Å². The van der Waals surface area contributed by atoms with E-state index >= 15 is 0 Å². The first-order valence-electron chi connectivity index (χ1n) is 12.2. The topological polar surface area (TPSA) is 94.5 Å². The molecule has 1 amide bonds. The lowest BCUT2D eigenvalue weighted by Crippen LogP contribution is -2.47. The van der Waals surface area contributed by atoms with Gasteiger partial charge in [0.2, 0.25) is 5.92 Å². The summed E-state index contributed by atoms with van der Waals surface area (Å²) >= 11 is 0. The number of nitrogens with one attached hydrogen (secondary N) is 2. The lowest BCUT2D eigenvalue weighted by atomic mass is 9.82. The molecule has 0 spiro atoms. The number of halogens is 2. The van der Waals surface area contributed by atoms with Gasteiger partial charge in [0.1, 0.15) is 18.1 Å². The molecule has 1 aliphatic carbocycles. The molecule has 1 fully saturated rings. The second-order valence-electron chi connectivity index (χ2n) is 10.3. The monoisotopic (exact) mass is 506 g/mol. The van der Waals surface area contributed by atoms with Crippen molar-refractivity contribution in [2.24, 2.45) is 13.0 Å². The molecule has 1 aliphatic rings. The number of rotatable bonds is 9. The van der Waals surface area contributed by atoms with Crippen LogP contribution in [0, 0.1) is 5.92 Å². The summed E-state index contributed by atoms with van der Waals surface area (Å²) in [5.41, 5.74) is 1.15. The molecule has 10 heteroatoms. The van der Waals surface area contributed by atoms with Crippen molar-refractivity contribution >= 4 is 11.9 Å². The van der Waals surface area contributed by atoms with E-state index in [1.807, 2.05) is 18.2 Å². The van der Waals surface area contributed by atoms with Gasteiger partial charge in [-0.3, -0.25) is 4.79 Å². The van der Waals surface area contributed by atoms with Gasteiger partial charge in [-0.25, -0.2) is 18.6 Å². The van der Waals surface area contributed by atoms with E-state index in [1.165, 1.54) is 4.57 Å². The van der Waals surface area contributed by atoms with Crippen LogP contribution in [0.2, 0.25) is 0 Å². The van der Waals surface area contributed by atoms with E-state index in [4.69, 9.17) is 9.47 Å². The Morgan fingerprint density at radius 3 is 2.58 bits per heavy atom. The molecule has 36 heavy (non-hydrogen) atoms. The van der Waals surface area contributed by atoms with E-state index in [2.05, 4.69) is 15.6 Å². The van der Waals surface area contributed by atoms with Crippen molar-refractivity contribution in [2.75, 3.05) is 18.7 Å². The molecule has 0 bridgehead atoms. The fourth-order valence-electron chi connectivity index (χ4n) is 4.15. The predicted octanol–water partition coefficient (Wildman–Crippen LogP) is 4.48. The summed E-state index contributed by atoms with van der Waals surface area (Å²) in [6.07, 6.45) is 3.61. The molecule has 2 aromatic rings. The Balaban J connectivity index is 1.54.